The van der Waals surface area contributed by atoms with Crippen LogP contribution in [0.1, 0.15) is 29.7 Å². The van der Waals surface area contributed by atoms with Gasteiger partial charge in [0.1, 0.15) is 17.0 Å². The van der Waals surface area contributed by atoms with Crippen LogP contribution >= 0.6 is 11.3 Å². The van der Waals surface area contributed by atoms with E-state index in [0.29, 0.717) is 6.54 Å². The van der Waals surface area contributed by atoms with Gasteiger partial charge >= 0.3 is 0 Å². The Kier molecular flexibility index (Phi) is 5.22. The molecule has 0 saturated carbocycles. The molecule has 2 atom stereocenters. The van der Waals surface area contributed by atoms with Crippen LogP contribution in [0.4, 0.5) is 11.5 Å². The summed E-state index contributed by atoms with van der Waals surface area (Å²) >= 11 is 1.68. The number of anilines is 2. The number of thiophene rings is 1. The van der Waals surface area contributed by atoms with E-state index in [-0.39, 0.29) is 24.3 Å². The molecule has 1 fully saturated rings. The number of hydrogen-bond donors (Lipinski definition) is 3. The number of aryl methyl sites for hydroxylation is 1. The zero-order valence-electron chi connectivity index (χ0n) is 18.3. The van der Waals surface area contributed by atoms with Crippen LogP contribution in [0, 0.1) is 11.8 Å². The first-order valence-electron chi connectivity index (χ1n) is 11.5. The van der Waals surface area contributed by atoms with E-state index in [2.05, 4.69) is 31.5 Å². The molecule has 8 nitrogen and oxygen atoms in total. The van der Waals surface area contributed by atoms with Gasteiger partial charge in [-0.1, -0.05) is 0 Å². The number of fused-ring (bicyclic) bond motifs is 4. The van der Waals surface area contributed by atoms with Gasteiger partial charge in [-0.2, -0.15) is 5.10 Å². The van der Waals surface area contributed by atoms with Gasteiger partial charge in [0, 0.05) is 41.6 Å². The van der Waals surface area contributed by atoms with Gasteiger partial charge in [0.25, 0.3) is 0 Å². The second-order valence-corrected chi connectivity index (χ2v) is 10.2. The molecule has 1 aromatic carbocycles. The summed E-state index contributed by atoms with van der Waals surface area (Å²) in [5.41, 5.74) is 3.23. The predicted molar refractivity (Wildman–Crippen MR) is 129 cm³/mol. The summed E-state index contributed by atoms with van der Waals surface area (Å²) in [4.78, 5) is 26.5. The summed E-state index contributed by atoms with van der Waals surface area (Å²) in [5, 5.41) is 22.2. The molecule has 3 aromatic heterocycles. The highest BCUT2D eigenvalue weighted by atomic mass is 32.1. The molecule has 0 spiro atoms. The zero-order chi connectivity index (χ0) is 22.4. The van der Waals surface area contributed by atoms with Crippen molar-refractivity contribution in [2.24, 2.45) is 11.8 Å². The van der Waals surface area contributed by atoms with Gasteiger partial charge in [-0.25, -0.2) is 9.97 Å². The monoisotopic (exact) mass is 462 g/mol. The number of aliphatic hydroxyl groups excluding tert-OH is 1. The fourth-order valence-corrected chi connectivity index (χ4v) is 6.51. The van der Waals surface area contributed by atoms with Crippen molar-refractivity contribution in [2.45, 2.75) is 32.1 Å². The SMILES string of the molecule is O=C([C@H]1CCc2c(sc3ncnc(Nc4ccc5[nH]ncc5c4)c23)C1)N1CCCC(CO)C1. The number of aromatic amines is 1. The predicted octanol–water partition coefficient (Wildman–Crippen LogP) is 3.65. The Hall–Kier alpha value is -3.04. The minimum absolute atomic E-state index is 0.0101. The molecule has 1 amide bonds. The Balaban J connectivity index is 1.26. The van der Waals surface area contributed by atoms with Gasteiger partial charge in [-0.3, -0.25) is 9.89 Å². The average molecular weight is 463 g/mol. The van der Waals surface area contributed by atoms with E-state index in [4.69, 9.17) is 0 Å². The number of rotatable bonds is 4. The van der Waals surface area contributed by atoms with Gasteiger partial charge in [-0.15, -0.1) is 11.3 Å². The third kappa shape index (κ3) is 3.75. The average Bonchev–Trinajstić information content (AvgIpc) is 3.47. The molecule has 2 aliphatic rings. The summed E-state index contributed by atoms with van der Waals surface area (Å²) in [6.45, 7) is 1.66. The number of piperidine rings is 1. The Bertz CT molecular complexity index is 1330. The topological polar surface area (TPSA) is 107 Å². The Morgan fingerprint density at radius 2 is 2.24 bits per heavy atom. The maximum atomic E-state index is 13.2. The molecule has 0 bridgehead atoms. The van der Waals surface area contributed by atoms with Crippen molar-refractivity contribution in [3.8, 4) is 0 Å². The van der Waals surface area contributed by atoms with Gasteiger partial charge < -0.3 is 15.3 Å². The molecule has 0 radical (unpaired) electrons. The number of aliphatic hydroxyl groups is 1. The van der Waals surface area contributed by atoms with E-state index >= 15 is 0 Å². The summed E-state index contributed by atoms with van der Waals surface area (Å²) in [6.07, 6.45) is 7.86. The van der Waals surface area contributed by atoms with Crippen LogP contribution in [0.15, 0.2) is 30.7 Å². The van der Waals surface area contributed by atoms with E-state index in [1.807, 2.05) is 23.2 Å². The molecule has 1 aliphatic carbocycles. The van der Waals surface area contributed by atoms with Crippen LogP contribution in [-0.4, -0.2) is 55.8 Å². The molecule has 1 saturated heterocycles. The lowest BCUT2D eigenvalue weighted by atomic mass is 9.86. The Morgan fingerprint density at radius 3 is 3.15 bits per heavy atom. The van der Waals surface area contributed by atoms with Crippen molar-refractivity contribution in [2.75, 3.05) is 25.0 Å². The normalized spacial score (nSPS) is 20.8. The van der Waals surface area contributed by atoms with Crippen molar-refractivity contribution in [3.63, 3.8) is 0 Å². The summed E-state index contributed by atoms with van der Waals surface area (Å²) in [7, 11) is 0. The standard InChI is InChI=1S/C24H26N6O2S/c31-12-14-2-1-7-30(11-14)24(32)15-3-5-18-20(9-15)33-23-21(18)22(25-13-26-23)28-17-4-6-19-16(8-17)10-27-29-19/h4,6,8,10,13-15,31H,1-3,5,7,9,11-12H2,(H,27,29)(H,25,26,28)/t14?,15-/m0/s1. The summed E-state index contributed by atoms with van der Waals surface area (Å²) in [5.74, 6) is 1.29. The zero-order valence-corrected chi connectivity index (χ0v) is 19.1. The van der Waals surface area contributed by atoms with Crippen molar-refractivity contribution in [3.05, 3.63) is 41.2 Å². The molecule has 33 heavy (non-hydrogen) atoms. The molecule has 4 aromatic rings. The fraction of sp³-hybridized carbons (Fsp3) is 0.417. The van der Waals surface area contributed by atoms with Crippen LogP contribution in [0.5, 0.6) is 0 Å². The lowest BCUT2D eigenvalue weighted by Gasteiger charge is -2.35. The molecule has 1 aliphatic heterocycles. The third-order valence-corrected chi connectivity index (χ3v) is 8.15. The number of carbonyl (C=O) groups is 1. The molecule has 4 heterocycles. The van der Waals surface area contributed by atoms with Crippen molar-refractivity contribution in [1.29, 1.82) is 0 Å². The molecule has 1 unspecified atom stereocenters. The Morgan fingerprint density at radius 1 is 1.30 bits per heavy atom. The highest BCUT2D eigenvalue weighted by Gasteiger charge is 2.33. The molecule has 170 valence electrons. The number of nitrogens with zero attached hydrogens (tertiary/aromatic N) is 4. The van der Waals surface area contributed by atoms with Gasteiger partial charge in [0.15, 0.2) is 0 Å². The van der Waals surface area contributed by atoms with Crippen molar-refractivity contribution < 1.29 is 9.90 Å². The first kappa shape index (κ1) is 20.6. The molecular formula is C24H26N6O2S. The van der Waals surface area contributed by atoms with E-state index in [1.165, 1.54) is 10.4 Å². The second-order valence-electron chi connectivity index (χ2n) is 9.12. The number of likely N-dealkylation sites (tertiary alicyclic amines) is 1. The number of benzene rings is 1. The van der Waals surface area contributed by atoms with Crippen molar-refractivity contribution in [1.82, 2.24) is 25.1 Å². The smallest absolute Gasteiger partial charge is 0.226 e. The fourth-order valence-electron chi connectivity index (χ4n) is 5.25. The number of H-pyrrole nitrogens is 1. The maximum Gasteiger partial charge on any atom is 0.226 e. The minimum Gasteiger partial charge on any atom is -0.396 e. The van der Waals surface area contributed by atoms with E-state index in [1.54, 1.807) is 17.7 Å². The van der Waals surface area contributed by atoms with E-state index in [0.717, 1.165) is 71.3 Å². The maximum absolute atomic E-state index is 13.2. The molecule has 6 rings (SSSR count). The molecule has 9 heteroatoms. The number of carbonyl (C=O) groups excluding carboxylic acids is 1. The quantitative estimate of drug-likeness (QED) is 0.427. The van der Waals surface area contributed by atoms with Gasteiger partial charge in [0.05, 0.1) is 17.1 Å². The van der Waals surface area contributed by atoms with Gasteiger partial charge in [0.2, 0.25) is 5.91 Å². The highest BCUT2D eigenvalue weighted by Crippen LogP contribution is 2.41. The minimum atomic E-state index is 0.0101. The highest BCUT2D eigenvalue weighted by molar-refractivity contribution is 7.19. The van der Waals surface area contributed by atoms with Crippen molar-refractivity contribution >= 4 is 49.9 Å². The summed E-state index contributed by atoms with van der Waals surface area (Å²) < 4.78 is 0. The number of aromatic nitrogens is 4. The van der Waals surface area contributed by atoms with Gasteiger partial charge in [-0.05, 0) is 61.8 Å². The number of amides is 1. The largest absolute Gasteiger partial charge is 0.396 e. The van der Waals surface area contributed by atoms with Crippen LogP contribution in [-0.2, 0) is 17.6 Å². The number of nitrogens with one attached hydrogen (secondary N) is 2. The second kappa shape index (κ2) is 8.39. The van der Waals surface area contributed by atoms with Crippen LogP contribution in [0.3, 0.4) is 0 Å². The van der Waals surface area contributed by atoms with E-state index < -0.39 is 0 Å². The number of hydrogen-bond acceptors (Lipinski definition) is 7. The molecular weight excluding hydrogens is 436 g/mol. The van der Waals surface area contributed by atoms with E-state index in [9.17, 15) is 9.90 Å². The Labute approximate surface area is 195 Å². The first-order valence-corrected chi connectivity index (χ1v) is 12.4. The first-order chi connectivity index (χ1) is 16.2. The van der Waals surface area contributed by atoms with Crippen LogP contribution < -0.4 is 5.32 Å². The van der Waals surface area contributed by atoms with Crippen LogP contribution in [0.25, 0.3) is 21.1 Å². The lowest BCUT2D eigenvalue weighted by Crippen LogP contribution is -2.44. The lowest BCUT2D eigenvalue weighted by molar-refractivity contribution is -0.138. The van der Waals surface area contributed by atoms with Crippen LogP contribution in [0.2, 0.25) is 0 Å². The molecule has 3 N–H and O–H groups in total. The third-order valence-electron chi connectivity index (χ3n) is 6.99. The summed E-state index contributed by atoms with van der Waals surface area (Å²) in [6, 6.07) is 6.07.